The summed E-state index contributed by atoms with van der Waals surface area (Å²) < 4.78 is 39.3. The highest BCUT2D eigenvalue weighted by atomic mass is 32.2. The number of benzene rings is 2. The predicted molar refractivity (Wildman–Crippen MR) is 102 cm³/mol. The predicted octanol–water partition coefficient (Wildman–Crippen LogP) is 2.01. The molecule has 7 nitrogen and oxygen atoms in total. The van der Waals surface area contributed by atoms with Crippen LogP contribution in [0.15, 0.2) is 53.3 Å². The zero-order chi connectivity index (χ0) is 19.5. The minimum absolute atomic E-state index is 0.0152. The second kappa shape index (κ2) is 5.71. The fraction of sp³-hybridized carbons (Fsp3) is 0.211. The van der Waals surface area contributed by atoms with E-state index in [4.69, 9.17) is 0 Å². The molecular formula is C19H15FN4O3S. The number of halogens is 1. The molecule has 28 heavy (non-hydrogen) atoms. The lowest BCUT2D eigenvalue weighted by Gasteiger charge is -2.38. The zero-order valence-electron chi connectivity index (χ0n) is 14.6. The van der Waals surface area contributed by atoms with E-state index < -0.39 is 26.9 Å². The number of nitrogens with zero attached hydrogens (tertiary/aromatic N) is 3. The summed E-state index contributed by atoms with van der Waals surface area (Å²) in [5.41, 5.74) is 0.289. The molecule has 0 radical (unpaired) electrons. The fourth-order valence-corrected chi connectivity index (χ4v) is 5.70. The van der Waals surface area contributed by atoms with Crippen LogP contribution in [0.1, 0.15) is 6.42 Å². The molecule has 1 spiro atoms. The third-order valence-electron chi connectivity index (χ3n) is 5.15. The summed E-state index contributed by atoms with van der Waals surface area (Å²) in [6.45, 7) is 0. The second-order valence-electron chi connectivity index (χ2n) is 7.05. The normalized spacial score (nSPS) is 21.8. The van der Waals surface area contributed by atoms with E-state index in [9.17, 15) is 17.6 Å². The van der Waals surface area contributed by atoms with E-state index >= 15 is 0 Å². The van der Waals surface area contributed by atoms with E-state index in [1.54, 1.807) is 6.07 Å². The average Bonchev–Trinajstić information content (AvgIpc) is 2.97. The van der Waals surface area contributed by atoms with Crippen molar-refractivity contribution in [1.82, 2.24) is 14.8 Å². The van der Waals surface area contributed by atoms with Crippen LogP contribution in [0.5, 0.6) is 0 Å². The lowest BCUT2D eigenvalue weighted by Crippen LogP contribution is -2.48. The molecule has 1 N–H and O–H groups in total. The van der Waals surface area contributed by atoms with Gasteiger partial charge in [0, 0.05) is 23.2 Å². The van der Waals surface area contributed by atoms with E-state index in [1.807, 2.05) is 18.2 Å². The molecule has 3 aromatic rings. The summed E-state index contributed by atoms with van der Waals surface area (Å²) in [6, 6.07) is 12.7. The number of hydrogen-bond donors (Lipinski definition) is 1. The van der Waals surface area contributed by atoms with Crippen molar-refractivity contribution in [1.29, 1.82) is 0 Å². The maximum absolute atomic E-state index is 13.3. The van der Waals surface area contributed by atoms with Crippen LogP contribution in [0, 0.1) is 5.82 Å². The zero-order valence-corrected chi connectivity index (χ0v) is 15.4. The van der Waals surface area contributed by atoms with Crippen molar-refractivity contribution >= 4 is 15.5 Å². The number of rotatable bonds is 1. The molecule has 0 bridgehead atoms. The van der Waals surface area contributed by atoms with E-state index in [-0.39, 0.29) is 17.2 Å². The van der Waals surface area contributed by atoms with Crippen molar-refractivity contribution in [2.24, 2.45) is 0 Å². The molecule has 0 aliphatic carbocycles. The maximum atomic E-state index is 13.3. The van der Waals surface area contributed by atoms with Crippen LogP contribution in [0.3, 0.4) is 0 Å². The lowest BCUT2D eigenvalue weighted by atomic mass is 10.0. The first-order chi connectivity index (χ1) is 13.4. The molecule has 1 fully saturated rings. The van der Waals surface area contributed by atoms with Gasteiger partial charge in [0.25, 0.3) is 5.56 Å². The van der Waals surface area contributed by atoms with Gasteiger partial charge in [-0.2, -0.15) is 10.1 Å². The molecule has 1 saturated heterocycles. The van der Waals surface area contributed by atoms with Gasteiger partial charge >= 0.3 is 0 Å². The van der Waals surface area contributed by atoms with Crippen LogP contribution in [-0.4, -0.2) is 34.7 Å². The largest absolute Gasteiger partial charge is 0.360 e. The van der Waals surface area contributed by atoms with Gasteiger partial charge in [-0.15, -0.1) is 0 Å². The molecule has 2 aliphatic rings. The van der Waals surface area contributed by atoms with E-state index in [2.05, 4.69) is 15.4 Å². The topological polar surface area (TPSA) is 93.9 Å². The SMILES string of the molecule is O=c1nc2n(nc1-c1ccc(F)cc1)[C@]1(CCS(=O)(=O)C1)Nc1ccccc1-2. The Morgan fingerprint density at radius 2 is 1.86 bits per heavy atom. The minimum atomic E-state index is -3.27. The van der Waals surface area contributed by atoms with E-state index in [0.29, 0.717) is 29.1 Å². The summed E-state index contributed by atoms with van der Waals surface area (Å²) in [5.74, 6) is -0.241. The van der Waals surface area contributed by atoms with Gasteiger partial charge in [-0.3, -0.25) is 4.79 Å². The second-order valence-corrected chi connectivity index (χ2v) is 9.24. The van der Waals surface area contributed by atoms with Gasteiger partial charge in [0.1, 0.15) is 11.5 Å². The standard InChI is InChI=1S/C19H15FN4O3S/c20-13-7-5-12(6-8-13)16-18(25)21-17-14-3-1-2-4-15(14)22-19(24(17)23-16)9-10-28(26,27)11-19/h1-8,22H,9-11H2/t19-/m0/s1. The highest BCUT2D eigenvalue weighted by Crippen LogP contribution is 2.41. The number of aromatic nitrogens is 3. The molecular weight excluding hydrogens is 383 g/mol. The van der Waals surface area contributed by atoms with Crippen LogP contribution < -0.4 is 10.9 Å². The summed E-state index contributed by atoms with van der Waals surface area (Å²) >= 11 is 0. The summed E-state index contributed by atoms with van der Waals surface area (Å²) in [4.78, 5) is 16.9. The summed E-state index contributed by atoms with van der Waals surface area (Å²) in [5, 5.41) is 7.82. The van der Waals surface area contributed by atoms with Crippen molar-refractivity contribution in [2.45, 2.75) is 12.1 Å². The summed E-state index contributed by atoms with van der Waals surface area (Å²) in [7, 11) is -3.27. The smallest absolute Gasteiger partial charge is 0.300 e. The van der Waals surface area contributed by atoms with Gasteiger partial charge in [-0.1, -0.05) is 12.1 Å². The Kier molecular flexibility index (Phi) is 3.48. The lowest BCUT2D eigenvalue weighted by molar-refractivity contribution is 0.332. The Balaban J connectivity index is 1.79. The third-order valence-corrected chi connectivity index (χ3v) is 6.90. The Labute approximate surface area is 159 Å². The van der Waals surface area contributed by atoms with Crippen LogP contribution in [0.25, 0.3) is 22.6 Å². The molecule has 0 amide bonds. The molecule has 2 aromatic carbocycles. The number of anilines is 1. The Bertz CT molecular complexity index is 1270. The van der Waals surface area contributed by atoms with Crippen molar-refractivity contribution in [3.63, 3.8) is 0 Å². The molecule has 5 rings (SSSR count). The first kappa shape index (κ1) is 17.1. The molecule has 9 heteroatoms. The first-order valence-corrected chi connectivity index (χ1v) is 10.5. The monoisotopic (exact) mass is 398 g/mol. The Morgan fingerprint density at radius 1 is 1.11 bits per heavy atom. The molecule has 1 aromatic heterocycles. The average molecular weight is 398 g/mol. The van der Waals surface area contributed by atoms with Crippen molar-refractivity contribution < 1.29 is 12.8 Å². The van der Waals surface area contributed by atoms with Gasteiger partial charge < -0.3 is 5.32 Å². The highest BCUT2D eigenvalue weighted by Gasteiger charge is 2.48. The van der Waals surface area contributed by atoms with E-state index in [1.165, 1.54) is 28.9 Å². The fourth-order valence-electron chi connectivity index (χ4n) is 3.84. The van der Waals surface area contributed by atoms with Gasteiger partial charge in [-0.25, -0.2) is 17.5 Å². The van der Waals surface area contributed by atoms with Gasteiger partial charge in [0.05, 0.1) is 11.5 Å². The number of sulfone groups is 1. The van der Waals surface area contributed by atoms with Crippen molar-refractivity contribution in [3.8, 4) is 22.6 Å². The number of fused-ring (bicyclic) bond motifs is 4. The quantitative estimate of drug-likeness (QED) is 0.674. The molecule has 1 atom stereocenters. The van der Waals surface area contributed by atoms with Crippen molar-refractivity contribution in [2.75, 3.05) is 16.8 Å². The molecule has 2 aliphatic heterocycles. The van der Waals surface area contributed by atoms with Crippen LogP contribution in [0.2, 0.25) is 0 Å². The van der Waals surface area contributed by atoms with Crippen molar-refractivity contribution in [3.05, 3.63) is 64.7 Å². The van der Waals surface area contributed by atoms with Gasteiger partial charge in [0.15, 0.2) is 21.4 Å². The Hall–Kier alpha value is -3.07. The third kappa shape index (κ3) is 2.54. The van der Waals surface area contributed by atoms with Gasteiger partial charge in [-0.05, 0) is 36.4 Å². The number of hydrogen-bond acceptors (Lipinski definition) is 6. The van der Waals surface area contributed by atoms with Crippen LogP contribution >= 0.6 is 0 Å². The van der Waals surface area contributed by atoms with Crippen LogP contribution in [-0.2, 0) is 15.5 Å². The van der Waals surface area contributed by atoms with Gasteiger partial charge in [0.2, 0.25) is 0 Å². The maximum Gasteiger partial charge on any atom is 0.300 e. The van der Waals surface area contributed by atoms with E-state index in [0.717, 1.165) is 0 Å². The Morgan fingerprint density at radius 3 is 2.57 bits per heavy atom. The summed E-state index contributed by atoms with van der Waals surface area (Å²) in [6.07, 6.45) is 0.303. The number of nitrogens with one attached hydrogen (secondary N) is 1. The molecule has 0 unspecified atom stereocenters. The molecule has 3 heterocycles. The minimum Gasteiger partial charge on any atom is -0.360 e. The first-order valence-electron chi connectivity index (χ1n) is 8.73. The van der Waals surface area contributed by atoms with Crippen LogP contribution in [0.4, 0.5) is 10.1 Å². The number of para-hydroxylation sites is 1. The molecule has 0 saturated carbocycles. The highest BCUT2D eigenvalue weighted by molar-refractivity contribution is 7.91. The molecule has 142 valence electrons.